The van der Waals surface area contributed by atoms with Crippen molar-refractivity contribution < 1.29 is 37.0 Å². The molecule has 9 heteroatoms. The number of aldehydes is 1. The molecule has 0 aliphatic carbocycles. The van der Waals surface area contributed by atoms with Crippen LogP contribution in [0.2, 0.25) is 0 Å². The number of hydrogen-bond donors (Lipinski definition) is 3. The summed E-state index contributed by atoms with van der Waals surface area (Å²) in [5, 5.41) is 18.5. The number of carbonyl (C=O) groups excluding carboxylic acids is 1. The number of hydrogen-bond acceptors (Lipinski definition) is 4. The van der Waals surface area contributed by atoms with E-state index in [0.29, 0.717) is 0 Å². The van der Waals surface area contributed by atoms with Crippen LogP contribution in [0.25, 0.3) is 10.8 Å². The van der Waals surface area contributed by atoms with Gasteiger partial charge in [-0.05, 0) is 0 Å². The summed E-state index contributed by atoms with van der Waals surface area (Å²) < 4.78 is 67.2. The van der Waals surface area contributed by atoms with Crippen LogP contribution in [0.4, 0.5) is 27.6 Å². The lowest BCUT2D eigenvalue weighted by Gasteiger charge is -2.14. The number of carbonyl (C=O) groups is 1. The summed E-state index contributed by atoms with van der Waals surface area (Å²) in [4.78, 5) is 10.2. The van der Waals surface area contributed by atoms with E-state index in [0.717, 1.165) is 0 Å². The third kappa shape index (κ3) is 2.01. The van der Waals surface area contributed by atoms with Crippen LogP contribution < -0.4 is 5.32 Å². The van der Waals surface area contributed by atoms with E-state index in [2.05, 4.69) is 0 Å². The average Bonchev–Trinajstić information content (AvgIpc) is 2.46. The quantitative estimate of drug-likeness (QED) is 0.204. The maximum Gasteiger partial charge on any atom is 0.198 e. The van der Waals surface area contributed by atoms with Crippen molar-refractivity contribution in [1.29, 1.82) is 0 Å². The Morgan fingerprint density at radius 3 is 1.76 bits per heavy atom. The van der Waals surface area contributed by atoms with Gasteiger partial charge in [0.25, 0.3) is 0 Å². The van der Waals surface area contributed by atoms with E-state index >= 15 is 0 Å². The molecule has 0 unspecified atom stereocenters. The van der Waals surface area contributed by atoms with Crippen LogP contribution in [-0.4, -0.2) is 23.0 Å². The van der Waals surface area contributed by atoms with Gasteiger partial charge in [0.2, 0.25) is 0 Å². The number of anilines is 1. The Bertz CT molecular complexity index is 763. The Labute approximate surface area is 113 Å². The number of phenols is 2. The van der Waals surface area contributed by atoms with Crippen molar-refractivity contribution in [2.24, 2.45) is 0 Å². The summed E-state index contributed by atoms with van der Waals surface area (Å²) in [6.45, 7) is -0.538. The molecule has 0 bridgehead atoms. The predicted molar refractivity (Wildman–Crippen MR) is 61.6 cm³/mol. The first-order chi connectivity index (χ1) is 9.82. The second-order valence-electron chi connectivity index (χ2n) is 3.94. The highest BCUT2D eigenvalue weighted by Crippen LogP contribution is 2.45. The van der Waals surface area contributed by atoms with Crippen molar-refractivity contribution in [3.8, 4) is 11.5 Å². The Morgan fingerprint density at radius 2 is 1.29 bits per heavy atom. The molecule has 0 fully saturated rings. The average molecular weight is 307 g/mol. The van der Waals surface area contributed by atoms with Crippen LogP contribution in [0.5, 0.6) is 11.5 Å². The van der Waals surface area contributed by atoms with Gasteiger partial charge in [0.15, 0.2) is 40.6 Å². The zero-order valence-electron chi connectivity index (χ0n) is 9.98. The fourth-order valence-electron chi connectivity index (χ4n) is 1.84. The van der Waals surface area contributed by atoms with Crippen LogP contribution in [0.1, 0.15) is 0 Å². The number of halogens is 5. The first-order valence-corrected chi connectivity index (χ1v) is 5.39. The standard InChI is InChI=1S/C12H6F5NO3/c13-5-3-4(6(14)8(16)7(5)15)12(21)10(18-1-2-19)9(17)11(3)20/h2,18,20-21H,1H2. The number of aromatic hydroxyl groups is 2. The molecular formula is C12H6F5NO3. The Morgan fingerprint density at radius 1 is 0.810 bits per heavy atom. The number of benzene rings is 2. The first-order valence-electron chi connectivity index (χ1n) is 5.39. The predicted octanol–water partition coefficient (Wildman–Crippen LogP) is 2.56. The maximum absolute atomic E-state index is 13.8. The third-order valence-corrected chi connectivity index (χ3v) is 2.77. The summed E-state index contributed by atoms with van der Waals surface area (Å²) in [5.41, 5.74) is -0.948. The number of nitrogens with one attached hydrogen (secondary N) is 1. The molecule has 0 heterocycles. The molecule has 2 aromatic rings. The summed E-state index contributed by atoms with van der Waals surface area (Å²) in [5.74, 6) is -13.1. The molecule has 3 N–H and O–H groups in total. The van der Waals surface area contributed by atoms with E-state index in [1.54, 1.807) is 0 Å². The maximum atomic E-state index is 13.8. The summed E-state index contributed by atoms with van der Waals surface area (Å²) in [6.07, 6.45) is 0.252. The minimum Gasteiger partial charge on any atom is -0.505 e. The highest BCUT2D eigenvalue weighted by atomic mass is 19.2. The van der Waals surface area contributed by atoms with Gasteiger partial charge in [0, 0.05) is 0 Å². The van der Waals surface area contributed by atoms with Crippen LogP contribution >= 0.6 is 0 Å². The third-order valence-electron chi connectivity index (χ3n) is 2.77. The summed E-state index contributed by atoms with van der Waals surface area (Å²) in [7, 11) is 0. The number of rotatable bonds is 3. The lowest BCUT2D eigenvalue weighted by molar-refractivity contribution is -0.106. The molecular weight excluding hydrogens is 301 g/mol. The SMILES string of the molecule is O=CCNc1c(F)c(O)c2c(F)c(F)c(F)c(F)c2c1O. The molecule has 0 saturated heterocycles. The molecule has 0 aromatic heterocycles. The Hall–Kier alpha value is -2.58. The van der Waals surface area contributed by atoms with E-state index < -0.39 is 63.6 Å². The molecule has 0 spiro atoms. The van der Waals surface area contributed by atoms with Crippen molar-refractivity contribution in [3.05, 3.63) is 29.1 Å². The lowest BCUT2D eigenvalue weighted by Crippen LogP contribution is -2.07. The highest BCUT2D eigenvalue weighted by molar-refractivity contribution is 5.99. The zero-order chi connectivity index (χ0) is 15.9. The van der Waals surface area contributed by atoms with Crippen molar-refractivity contribution in [2.45, 2.75) is 0 Å². The Kier molecular flexibility index (Phi) is 3.58. The molecule has 0 amide bonds. The molecule has 4 nitrogen and oxygen atoms in total. The van der Waals surface area contributed by atoms with Crippen LogP contribution in [0, 0.1) is 29.1 Å². The van der Waals surface area contributed by atoms with Crippen LogP contribution in [0.3, 0.4) is 0 Å². The minimum atomic E-state index is -2.26. The van der Waals surface area contributed by atoms with Crippen LogP contribution in [0.15, 0.2) is 0 Å². The molecule has 0 aliphatic heterocycles. The molecule has 0 radical (unpaired) electrons. The molecule has 112 valence electrons. The minimum absolute atomic E-state index is 0.252. The summed E-state index contributed by atoms with van der Waals surface area (Å²) in [6, 6.07) is 0. The monoisotopic (exact) mass is 307 g/mol. The van der Waals surface area contributed by atoms with E-state index in [1.807, 2.05) is 5.32 Å². The normalized spacial score (nSPS) is 10.9. The molecule has 2 aromatic carbocycles. The first kappa shape index (κ1) is 14.8. The fraction of sp³-hybridized carbons (Fsp3) is 0.0833. The van der Waals surface area contributed by atoms with Gasteiger partial charge in [-0.15, -0.1) is 0 Å². The van der Waals surface area contributed by atoms with Gasteiger partial charge in [-0.1, -0.05) is 0 Å². The van der Waals surface area contributed by atoms with Gasteiger partial charge in [-0.25, -0.2) is 22.0 Å². The fourth-order valence-corrected chi connectivity index (χ4v) is 1.84. The van der Waals surface area contributed by atoms with Crippen molar-refractivity contribution in [1.82, 2.24) is 0 Å². The van der Waals surface area contributed by atoms with Gasteiger partial charge < -0.3 is 20.3 Å². The zero-order valence-corrected chi connectivity index (χ0v) is 9.98. The number of phenolic OH excluding ortho intramolecular Hbond substituents is 2. The molecule has 2 rings (SSSR count). The highest BCUT2D eigenvalue weighted by Gasteiger charge is 2.29. The largest absolute Gasteiger partial charge is 0.505 e. The second kappa shape index (κ2) is 5.08. The van der Waals surface area contributed by atoms with E-state index in [4.69, 9.17) is 0 Å². The van der Waals surface area contributed by atoms with Gasteiger partial charge >= 0.3 is 0 Å². The van der Waals surface area contributed by atoms with Crippen LogP contribution in [-0.2, 0) is 4.79 Å². The van der Waals surface area contributed by atoms with Gasteiger partial charge in [-0.3, -0.25) is 0 Å². The molecule has 0 atom stereocenters. The molecule has 0 saturated carbocycles. The van der Waals surface area contributed by atoms with Crippen molar-refractivity contribution >= 4 is 22.7 Å². The topological polar surface area (TPSA) is 69.6 Å². The van der Waals surface area contributed by atoms with Crippen molar-refractivity contribution in [3.63, 3.8) is 0 Å². The lowest BCUT2D eigenvalue weighted by atomic mass is 10.0. The molecule has 0 aliphatic rings. The van der Waals surface area contributed by atoms with E-state index in [1.165, 1.54) is 0 Å². The van der Waals surface area contributed by atoms with Gasteiger partial charge in [-0.2, -0.15) is 0 Å². The van der Waals surface area contributed by atoms with Crippen molar-refractivity contribution in [2.75, 3.05) is 11.9 Å². The smallest absolute Gasteiger partial charge is 0.198 e. The molecule has 21 heavy (non-hydrogen) atoms. The van der Waals surface area contributed by atoms with E-state index in [9.17, 15) is 37.0 Å². The Balaban J connectivity index is 2.99. The van der Waals surface area contributed by atoms with Gasteiger partial charge in [0.1, 0.15) is 12.0 Å². The second-order valence-corrected chi connectivity index (χ2v) is 3.94. The van der Waals surface area contributed by atoms with E-state index in [-0.39, 0.29) is 6.29 Å². The summed E-state index contributed by atoms with van der Waals surface area (Å²) >= 11 is 0. The van der Waals surface area contributed by atoms with Gasteiger partial charge in [0.05, 0.1) is 17.3 Å². The number of fused-ring (bicyclic) bond motifs is 1.